The quantitative estimate of drug-likeness (QED) is 0.832. The summed E-state index contributed by atoms with van der Waals surface area (Å²) in [6.07, 6.45) is 2.69. The minimum atomic E-state index is 0.286. The fraction of sp³-hybridized carbons (Fsp3) is 0.600. The van der Waals surface area contributed by atoms with E-state index in [2.05, 4.69) is 46.2 Å². The molecule has 1 atom stereocenters. The summed E-state index contributed by atoms with van der Waals surface area (Å²) in [5.41, 5.74) is 1.20. The minimum absolute atomic E-state index is 0.286. The molecule has 0 saturated heterocycles. The Kier molecular flexibility index (Phi) is 5.25. The van der Waals surface area contributed by atoms with Crippen LogP contribution in [0, 0.1) is 0 Å². The van der Waals surface area contributed by atoms with Gasteiger partial charge in [-0.05, 0) is 52.1 Å². The molecule has 1 unspecified atom stereocenters. The van der Waals surface area contributed by atoms with E-state index in [-0.39, 0.29) is 6.04 Å². The van der Waals surface area contributed by atoms with Gasteiger partial charge in [0.05, 0.1) is 0 Å². The lowest BCUT2D eigenvalue weighted by Gasteiger charge is -2.19. The minimum Gasteiger partial charge on any atom is -0.492 e. The van der Waals surface area contributed by atoms with Gasteiger partial charge in [0.15, 0.2) is 0 Å². The standard InChI is InChI=1S/C15H23BrN2O/c1-11(17-2)14-10-12(16)4-7-15(14)19-9-8-18(3)13-5-6-13/h4,7,10-11,13,17H,5-6,8-9H2,1-3H3. The van der Waals surface area contributed by atoms with Gasteiger partial charge in [0, 0.05) is 28.7 Å². The largest absolute Gasteiger partial charge is 0.492 e. The van der Waals surface area contributed by atoms with Crippen LogP contribution in [-0.2, 0) is 0 Å². The highest BCUT2D eigenvalue weighted by atomic mass is 79.9. The number of benzene rings is 1. The summed E-state index contributed by atoms with van der Waals surface area (Å²) in [6, 6.07) is 7.29. The average Bonchev–Trinajstić information content (AvgIpc) is 3.23. The highest BCUT2D eigenvalue weighted by Gasteiger charge is 2.25. The van der Waals surface area contributed by atoms with Gasteiger partial charge in [-0.25, -0.2) is 0 Å². The third kappa shape index (κ3) is 4.20. The Balaban J connectivity index is 1.94. The van der Waals surface area contributed by atoms with Crippen LogP contribution in [0.1, 0.15) is 31.4 Å². The first-order valence-electron chi connectivity index (χ1n) is 6.91. The molecule has 2 rings (SSSR count). The molecule has 0 aliphatic heterocycles. The predicted molar refractivity (Wildman–Crippen MR) is 82.8 cm³/mol. The Morgan fingerprint density at radius 2 is 2.21 bits per heavy atom. The normalized spacial score (nSPS) is 16.7. The third-order valence-corrected chi connectivity index (χ3v) is 4.24. The highest BCUT2D eigenvalue weighted by molar-refractivity contribution is 9.10. The number of nitrogens with zero attached hydrogens (tertiary/aromatic N) is 1. The zero-order valence-corrected chi connectivity index (χ0v) is 13.5. The van der Waals surface area contributed by atoms with Crippen molar-refractivity contribution in [2.24, 2.45) is 0 Å². The van der Waals surface area contributed by atoms with Crippen LogP contribution in [0.25, 0.3) is 0 Å². The van der Waals surface area contributed by atoms with Crippen molar-refractivity contribution in [3.63, 3.8) is 0 Å². The number of halogens is 1. The maximum absolute atomic E-state index is 5.96. The van der Waals surface area contributed by atoms with Crippen LogP contribution in [0.5, 0.6) is 5.75 Å². The van der Waals surface area contributed by atoms with Gasteiger partial charge >= 0.3 is 0 Å². The zero-order chi connectivity index (χ0) is 13.8. The monoisotopic (exact) mass is 326 g/mol. The predicted octanol–water partition coefficient (Wildman–Crippen LogP) is 3.20. The molecule has 1 N–H and O–H groups in total. The maximum Gasteiger partial charge on any atom is 0.124 e. The van der Waals surface area contributed by atoms with E-state index in [0.29, 0.717) is 0 Å². The molecule has 1 aliphatic carbocycles. The van der Waals surface area contributed by atoms with Gasteiger partial charge < -0.3 is 15.0 Å². The molecule has 0 spiro atoms. The molecule has 106 valence electrons. The third-order valence-electron chi connectivity index (χ3n) is 3.74. The molecule has 1 aliphatic rings. The van der Waals surface area contributed by atoms with E-state index in [9.17, 15) is 0 Å². The molecule has 1 aromatic carbocycles. The maximum atomic E-state index is 5.96. The summed E-state index contributed by atoms with van der Waals surface area (Å²) in [4.78, 5) is 2.39. The molecular formula is C15H23BrN2O. The fourth-order valence-electron chi connectivity index (χ4n) is 2.14. The first-order valence-corrected chi connectivity index (χ1v) is 7.71. The van der Waals surface area contributed by atoms with Crippen LogP contribution >= 0.6 is 15.9 Å². The van der Waals surface area contributed by atoms with Gasteiger partial charge in [-0.15, -0.1) is 0 Å². The number of hydrogen-bond acceptors (Lipinski definition) is 3. The van der Waals surface area contributed by atoms with Gasteiger partial charge in [0.25, 0.3) is 0 Å². The molecule has 0 aromatic heterocycles. The smallest absolute Gasteiger partial charge is 0.124 e. The summed E-state index contributed by atoms with van der Waals surface area (Å²) in [6.45, 7) is 3.89. The number of ether oxygens (including phenoxy) is 1. The summed E-state index contributed by atoms with van der Waals surface area (Å²) in [5, 5.41) is 3.27. The molecule has 0 bridgehead atoms. The van der Waals surface area contributed by atoms with Crippen molar-refractivity contribution in [1.29, 1.82) is 0 Å². The molecule has 0 amide bonds. The van der Waals surface area contributed by atoms with Gasteiger partial charge in [-0.3, -0.25) is 0 Å². The van der Waals surface area contributed by atoms with E-state index in [0.717, 1.165) is 29.4 Å². The Labute approximate surface area is 124 Å². The lowest BCUT2D eigenvalue weighted by Crippen LogP contribution is -2.26. The number of nitrogens with one attached hydrogen (secondary N) is 1. The van der Waals surface area contributed by atoms with Crippen LogP contribution < -0.4 is 10.1 Å². The summed E-state index contributed by atoms with van der Waals surface area (Å²) >= 11 is 3.52. The second-order valence-corrected chi connectivity index (χ2v) is 6.17. The Bertz CT molecular complexity index is 421. The van der Waals surface area contributed by atoms with Gasteiger partial charge in [0.2, 0.25) is 0 Å². The van der Waals surface area contributed by atoms with Crippen molar-refractivity contribution in [2.75, 3.05) is 27.2 Å². The van der Waals surface area contributed by atoms with E-state index in [1.54, 1.807) is 0 Å². The first kappa shape index (κ1) is 14.8. The molecule has 1 fully saturated rings. The Morgan fingerprint density at radius 3 is 2.84 bits per heavy atom. The van der Waals surface area contributed by atoms with Crippen molar-refractivity contribution in [3.05, 3.63) is 28.2 Å². The topological polar surface area (TPSA) is 24.5 Å². The van der Waals surface area contributed by atoms with Crippen LogP contribution in [0.4, 0.5) is 0 Å². The second kappa shape index (κ2) is 6.73. The molecule has 19 heavy (non-hydrogen) atoms. The fourth-order valence-corrected chi connectivity index (χ4v) is 2.52. The molecule has 0 radical (unpaired) electrons. The van der Waals surface area contributed by atoms with Gasteiger partial charge in [0.1, 0.15) is 12.4 Å². The van der Waals surface area contributed by atoms with E-state index in [1.807, 2.05) is 19.2 Å². The highest BCUT2D eigenvalue weighted by Crippen LogP contribution is 2.29. The number of rotatable bonds is 7. The van der Waals surface area contributed by atoms with E-state index < -0.39 is 0 Å². The van der Waals surface area contributed by atoms with Crippen LogP contribution in [0.3, 0.4) is 0 Å². The molecule has 1 saturated carbocycles. The Hall–Kier alpha value is -0.580. The van der Waals surface area contributed by atoms with Crippen molar-refractivity contribution in [1.82, 2.24) is 10.2 Å². The summed E-state index contributed by atoms with van der Waals surface area (Å²) in [7, 11) is 4.15. The van der Waals surface area contributed by atoms with Crippen molar-refractivity contribution in [3.8, 4) is 5.75 Å². The van der Waals surface area contributed by atoms with E-state index in [4.69, 9.17) is 4.74 Å². The van der Waals surface area contributed by atoms with Gasteiger partial charge in [-0.1, -0.05) is 15.9 Å². The molecule has 0 heterocycles. The zero-order valence-electron chi connectivity index (χ0n) is 11.9. The van der Waals surface area contributed by atoms with E-state index >= 15 is 0 Å². The van der Waals surface area contributed by atoms with Gasteiger partial charge in [-0.2, -0.15) is 0 Å². The van der Waals surface area contributed by atoms with Crippen molar-refractivity contribution in [2.45, 2.75) is 31.8 Å². The van der Waals surface area contributed by atoms with Crippen molar-refractivity contribution < 1.29 is 4.74 Å². The average molecular weight is 327 g/mol. The first-order chi connectivity index (χ1) is 9.11. The lowest BCUT2D eigenvalue weighted by atomic mass is 10.1. The molecule has 4 heteroatoms. The van der Waals surface area contributed by atoms with E-state index in [1.165, 1.54) is 18.4 Å². The molecule has 3 nitrogen and oxygen atoms in total. The SMILES string of the molecule is CNC(C)c1cc(Br)ccc1OCCN(C)C1CC1. The summed E-state index contributed by atoms with van der Waals surface area (Å²) in [5.74, 6) is 0.981. The molecular weight excluding hydrogens is 304 g/mol. The van der Waals surface area contributed by atoms with Crippen LogP contribution in [0.15, 0.2) is 22.7 Å². The summed E-state index contributed by atoms with van der Waals surface area (Å²) < 4.78 is 7.05. The Morgan fingerprint density at radius 1 is 1.47 bits per heavy atom. The van der Waals surface area contributed by atoms with Crippen molar-refractivity contribution >= 4 is 15.9 Å². The second-order valence-electron chi connectivity index (χ2n) is 5.25. The van der Waals surface area contributed by atoms with Crippen LogP contribution in [-0.4, -0.2) is 38.2 Å². The lowest BCUT2D eigenvalue weighted by molar-refractivity contribution is 0.229. The number of hydrogen-bond donors (Lipinski definition) is 1. The number of likely N-dealkylation sites (N-methyl/N-ethyl adjacent to an activating group) is 1. The molecule has 1 aromatic rings. The van der Waals surface area contributed by atoms with Crippen LogP contribution in [0.2, 0.25) is 0 Å².